The molecule has 0 aliphatic carbocycles. The standard InChI is InChI=1S/C23H21F3N4O3/c1-12-17(21(32)27-4)9-6-10-18(12)28-22(33)20(31)19-13(2)29-30(14(19)3)16-8-5-7-15(11-16)23(24,25)26/h5-11H,1-4H3,(H,27,32)(H,28,33). The first-order valence-corrected chi connectivity index (χ1v) is 9.87. The molecule has 0 saturated heterocycles. The number of anilines is 1. The van der Waals surface area contributed by atoms with Crippen LogP contribution in [0.5, 0.6) is 0 Å². The summed E-state index contributed by atoms with van der Waals surface area (Å²) in [4.78, 5) is 37.6. The molecular weight excluding hydrogens is 437 g/mol. The van der Waals surface area contributed by atoms with E-state index in [0.29, 0.717) is 11.1 Å². The van der Waals surface area contributed by atoms with Crippen molar-refractivity contribution >= 4 is 23.3 Å². The minimum Gasteiger partial charge on any atom is -0.355 e. The monoisotopic (exact) mass is 458 g/mol. The normalized spacial score (nSPS) is 11.2. The average Bonchev–Trinajstić information content (AvgIpc) is 3.07. The first-order valence-electron chi connectivity index (χ1n) is 9.87. The molecule has 10 heteroatoms. The number of aryl methyl sites for hydroxylation is 1. The Morgan fingerprint density at radius 2 is 1.67 bits per heavy atom. The first-order chi connectivity index (χ1) is 15.5. The fourth-order valence-electron chi connectivity index (χ4n) is 3.48. The Kier molecular flexibility index (Phi) is 6.39. The number of nitrogens with zero attached hydrogens (tertiary/aromatic N) is 2. The highest BCUT2D eigenvalue weighted by Gasteiger charge is 2.31. The molecule has 0 fully saturated rings. The summed E-state index contributed by atoms with van der Waals surface area (Å²) in [7, 11) is 1.48. The highest BCUT2D eigenvalue weighted by Crippen LogP contribution is 2.31. The second-order valence-corrected chi connectivity index (χ2v) is 7.35. The lowest BCUT2D eigenvalue weighted by Gasteiger charge is -2.12. The summed E-state index contributed by atoms with van der Waals surface area (Å²) >= 11 is 0. The number of nitrogens with one attached hydrogen (secondary N) is 2. The molecule has 3 aromatic rings. The summed E-state index contributed by atoms with van der Waals surface area (Å²) < 4.78 is 40.4. The maximum absolute atomic E-state index is 13.1. The molecule has 33 heavy (non-hydrogen) atoms. The molecule has 172 valence electrons. The fourth-order valence-corrected chi connectivity index (χ4v) is 3.48. The summed E-state index contributed by atoms with van der Waals surface area (Å²) in [6.07, 6.45) is -4.54. The molecule has 2 aromatic carbocycles. The zero-order valence-electron chi connectivity index (χ0n) is 18.3. The molecule has 0 spiro atoms. The Bertz CT molecular complexity index is 1260. The number of carbonyl (C=O) groups excluding carboxylic acids is 3. The molecule has 7 nitrogen and oxygen atoms in total. The fraction of sp³-hybridized carbons (Fsp3) is 0.217. The van der Waals surface area contributed by atoms with Gasteiger partial charge in [-0.1, -0.05) is 12.1 Å². The van der Waals surface area contributed by atoms with Gasteiger partial charge in [0.25, 0.3) is 17.6 Å². The highest BCUT2D eigenvalue weighted by molar-refractivity contribution is 6.47. The van der Waals surface area contributed by atoms with E-state index >= 15 is 0 Å². The van der Waals surface area contributed by atoms with Crippen molar-refractivity contribution in [1.82, 2.24) is 15.1 Å². The van der Waals surface area contributed by atoms with Crippen molar-refractivity contribution in [2.24, 2.45) is 0 Å². The van der Waals surface area contributed by atoms with Crippen molar-refractivity contribution in [2.45, 2.75) is 26.9 Å². The number of ketones is 1. The molecule has 2 amide bonds. The largest absolute Gasteiger partial charge is 0.416 e. The Morgan fingerprint density at radius 1 is 1.00 bits per heavy atom. The van der Waals surface area contributed by atoms with E-state index in [0.717, 1.165) is 12.1 Å². The molecule has 2 N–H and O–H groups in total. The number of alkyl halides is 3. The van der Waals surface area contributed by atoms with E-state index in [2.05, 4.69) is 15.7 Å². The molecule has 0 saturated carbocycles. The number of benzene rings is 2. The minimum atomic E-state index is -4.54. The number of rotatable bonds is 5. The Labute approximate surface area is 187 Å². The van der Waals surface area contributed by atoms with E-state index in [1.165, 1.54) is 37.7 Å². The van der Waals surface area contributed by atoms with Gasteiger partial charge in [0.1, 0.15) is 0 Å². The summed E-state index contributed by atoms with van der Waals surface area (Å²) in [6, 6.07) is 9.23. The van der Waals surface area contributed by atoms with Crippen molar-refractivity contribution < 1.29 is 27.6 Å². The second kappa shape index (κ2) is 8.89. The van der Waals surface area contributed by atoms with Gasteiger partial charge < -0.3 is 10.6 Å². The Morgan fingerprint density at radius 3 is 2.30 bits per heavy atom. The molecule has 0 unspecified atom stereocenters. The Hall–Kier alpha value is -3.95. The van der Waals surface area contributed by atoms with E-state index in [-0.39, 0.29) is 34.2 Å². The lowest BCUT2D eigenvalue weighted by molar-refractivity contribution is -0.137. The van der Waals surface area contributed by atoms with E-state index in [9.17, 15) is 27.6 Å². The van der Waals surface area contributed by atoms with E-state index in [4.69, 9.17) is 0 Å². The van der Waals surface area contributed by atoms with Crippen LogP contribution in [-0.4, -0.2) is 34.4 Å². The third kappa shape index (κ3) is 4.64. The van der Waals surface area contributed by atoms with Crippen molar-refractivity contribution in [3.8, 4) is 5.69 Å². The summed E-state index contributed by atoms with van der Waals surface area (Å²) in [5.74, 6) is -2.20. The van der Waals surface area contributed by atoms with Crippen molar-refractivity contribution in [1.29, 1.82) is 0 Å². The van der Waals surface area contributed by atoms with E-state index < -0.39 is 23.4 Å². The number of Topliss-reactive ketones (excluding diaryl/α,β-unsaturated/α-hetero) is 1. The van der Waals surface area contributed by atoms with Gasteiger partial charge in [0.15, 0.2) is 0 Å². The number of amides is 2. The van der Waals surface area contributed by atoms with Crippen LogP contribution in [0.2, 0.25) is 0 Å². The molecule has 0 bridgehead atoms. The Balaban J connectivity index is 1.93. The van der Waals surface area contributed by atoms with Gasteiger partial charge in [0, 0.05) is 18.3 Å². The van der Waals surface area contributed by atoms with E-state index in [1.807, 2.05) is 0 Å². The van der Waals surface area contributed by atoms with Crippen LogP contribution in [0.15, 0.2) is 42.5 Å². The summed E-state index contributed by atoms with van der Waals surface area (Å²) in [5, 5.41) is 9.18. The molecule has 3 rings (SSSR count). The lowest BCUT2D eigenvalue weighted by atomic mass is 10.0. The first kappa shape index (κ1) is 23.7. The SMILES string of the molecule is CNC(=O)c1cccc(NC(=O)C(=O)c2c(C)nn(-c3cccc(C(F)(F)F)c3)c2C)c1C. The number of hydrogen-bond donors (Lipinski definition) is 2. The lowest BCUT2D eigenvalue weighted by Crippen LogP contribution is -2.25. The van der Waals surface area contributed by atoms with Crippen molar-refractivity contribution in [3.05, 3.63) is 76.1 Å². The van der Waals surface area contributed by atoms with Crippen LogP contribution < -0.4 is 10.6 Å². The van der Waals surface area contributed by atoms with Crippen LogP contribution in [-0.2, 0) is 11.0 Å². The minimum absolute atomic E-state index is 0.00924. The van der Waals surface area contributed by atoms with Gasteiger partial charge in [-0.15, -0.1) is 0 Å². The van der Waals surface area contributed by atoms with Crippen molar-refractivity contribution in [2.75, 3.05) is 12.4 Å². The van der Waals surface area contributed by atoms with Gasteiger partial charge in [0.05, 0.1) is 28.2 Å². The third-order valence-corrected chi connectivity index (χ3v) is 5.20. The molecule has 1 heterocycles. The zero-order valence-corrected chi connectivity index (χ0v) is 18.3. The predicted octanol–water partition coefficient (Wildman–Crippen LogP) is 4.00. The van der Waals surface area contributed by atoms with Gasteiger partial charge in [-0.3, -0.25) is 14.4 Å². The summed E-state index contributed by atoms with van der Waals surface area (Å²) in [6.45, 7) is 4.63. The smallest absolute Gasteiger partial charge is 0.355 e. The van der Waals surface area contributed by atoms with Crippen LogP contribution in [0, 0.1) is 20.8 Å². The predicted molar refractivity (Wildman–Crippen MR) is 116 cm³/mol. The van der Waals surface area contributed by atoms with Crippen LogP contribution in [0.1, 0.15) is 43.2 Å². The van der Waals surface area contributed by atoms with Gasteiger partial charge in [-0.05, 0) is 56.7 Å². The molecule has 0 atom stereocenters. The molecule has 1 aromatic heterocycles. The second-order valence-electron chi connectivity index (χ2n) is 7.35. The topological polar surface area (TPSA) is 93.1 Å². The highest BCUT2D eigenvalue weighted by atomic mass is 19.4. The van der Waals surface area contributed by atoms with Crippen LogP contribution in [0.4, 0.5) is 18.9 Å². The van der Waals surface area contributed by atoms with Crippen LogP contribution >= 0.6 is 0 Å². The molecule has 0 aliphatic heterocycles. The van der Waals surface area contributed by atoms with Gasteiger partial charge in [0.2, 0.25) is 0 Å². The number of hydrogen-bond acceptors (Lipinski definition) is 4. The van der Waals surface area contributed by atoms with Gasteiger partial charge in [-0.25, -0.2) is 4.68 Å². The number of halogens is 3. The number of carbonyl (C=O) groups is 3. The maximum atomic E-state index is 13.1. The van der Waals surface area contributed by atoms with E-state index in [1.54, 1.807) is 25.1 Å². The van der Waals surface area contributed by atoms with Crippen LogP contribution in [0.25, 0.3) is 5.69 Å². The molecular formula is C23H21F3N4O3. The number of aromatic nitrogens is 2. The maximum Gasteiger partial charge on any atom is 0.416 e. The molecule has 0 radical (unpaired) electrons. The average molecular weight is 458 g/mol. The van der Waals surface area contributed by atoms with Gasteiger partial charge in [-0.2, -0.15) is 18.3 Å². The van der Waals surface area contributed by atoms with Gasteiger partial charge >= 0.3 is 6.18 Å². The quantitative estimate of drug-likeness (QED) is 0.447. The molecule has 0 aliphatic rings. The summed E-state index contributed by atoms with van der Waals surface area (Å²) in [5.41, 5.74) is 0.769. The van der Waals surface area contributed by atoms with Crippen molar-refractivity contribution in [3.63, 3.8) is 0 Å². The third-order valence-electron chi connectivity index (χ3n) is 5.20. The zero-order chi connectivity index (χ0) is 24.5. The van der Waals surface area contributed by atoms with Crippen LogP contribution in [0.3, 0.4) is 0 Å².